The number of hydrogen-bond acceptors (Lipinski definition) is 5. The summed E-state index contributed by atoms with van der Waals surface area (Å²) < 4.78 is 32.2. The maximum absolute atomic E-state index is 12.9. The number of amides is 2. The van der Waals surface area contributed by atoms with Gasteiger partial charge in [-0.15, -0.1) is 0 Å². The summed E-state index contributed by atoms with van der Waals surface area (Å²) in [7, 11) is -2.01. The van der Waals surface area contributed by atoms with Gasteiger partial charge in [0.15, 0.2) is 0 Å². The predicted molar refractivity (Wildman–Crippen MR) is 109 cm³/mol. The molecule has 1 N–H and O–H groups in total. The van der Waals surface area contributed by atoms with Crippen molar-refractivity contribution in [3.05, 3.63) is 53.2 Å². The number of nitrogens with one attached hydrogen (secondary N) is 1. The van der Waals surface area contributed by atoms with Gasteiger partial charge in [0, 0.05) is 45.0 Å². The highest BCUT2D eigenvalue weighted by atomic mass is 32.2. The number of sulfonamides is 1. The molecule has 0 atom stereocenters. The lowest BCUT2D eigenvalue weighted by atomic mass is 10.1. The molecule has 1 aromatic heterocycles. The molecule has 1 aliphatic heterocycles. The number of carbonyl (C=O) groups excluding carboxylic acids is 1. The zero-order valence-electron chi connectivity index (χ0n) is 16.9. The van der Waals surface area contributed by atoms with Crippen molar-refractivity contribution in [2.75, 3.05) is 33.3 Å². The van der Waals surface area contributed by atoms with Crippen LogP contribution >= 0.6 is 0 Å². The second-order valence-corrected chi connectivity index (χ2v) is 8.94. The number of urea groups is 1. The molecule has 0 spiro atoms. The Balaban J connectivity index is 1.54. The van der Waals surface area contributed by atoms with Crippen molar-refractivity contribution in [1.29, 1.82) is 0 Å². The molecule has 9 heteroatoms. The quantitative estimate of drug-likeness (QED) is 0.801. The van der Waals surface area contributed by atoms with Gasteiger partial charge in [-0.1, -0.05) is 12.1 Å². The molecule has 0 radical (unpaired) electrons. The predicted octanol–water partition coefficient (Wildman–Crippen LogP) is 1.92. The monoisotopic (exact) mass is 418 g/mol. The number of aromatic nitrogens is 1. The van der Waals surface area contributed by atoms with E-state index >= 15 is 0 Å². The first-order chi connectivity index (χ1) is 13.8. The van der Waals surface area contributed by atoms with Crippen LogP contribution in [0.4, 0.5) is 4.79 Å². The van der Waals surface area contributed by atoms with Gasteiger partial charge in [0.25, 0.3) is 0 Å². The molecular formula is C20H26N4O4S. The number of aryl methyl sites for hydroxylation is 2. The molecule has 1 aromatic carbocycles. The SMILES string of the molecule is COc1ccc(CNC(=O)N2CCN(S(=O)(=O)c3ccc(C)c(C)c3)CC2)cn1. The van der Waals surface area contributed by atoms with Gasteiger partial charge in [-0.2, -0.15) is 4.31 Å². The number of rotatable bonds is 5. The highest BCUT2D eigenvalue weighted by Gasteiger charge is 2.30. The number of pyridine rings is 1. The first-order valence-electron chi connectivity index (χ1n) is 9.40. The zero-order chi connectivity index (χ0) is 21.0. The Morgan fingerprint density at radius 2 is 1.83 bits per heavy atom. The van der Waals surface area contributed by atoms with Crippen LogP contribution in [0.3, 0.4) is 0 Å². The lowest BCUT2D eigenvalue weighted by molar-refractivity contribution is 0.172. The maximum Gasteiger partial charge on any atom is 0.317 e. The Hall–Kier alpha value is -2.65. The number of ether oxygens (including phenoxy) is 1. The van der Waals surface area contributed by atoms with Gasteiger partial charge in [0.05, 0.1) is 12.0 Å². The van der Waals surface area contributed by atoms with Gasteiger partial charge in [-0.05, 0) is 42.7 Å². The minimum absolute atomic E-state index is 0.218. The van der Waals surface area contributed by atoms with Gasteiger partial charge >= 0.3 is 6.03 Å². The normalized spacial score (nSPS) is 15.2. The number of nitrogens with zero attached hydrogens (tertiary/aromatic N) is 3. The first kappa shape index (κ1) is 21.1. The molecule has 0 unspecified atom stereocenters. The van der Waals surface area contributed by atoms with Crippen molar-refractivity contribution in [2.45, 2.75) is 25.3 Å². The Morgan fingerprint density at radius 3 is 2.41 bits per heavy atom. The fourth-order valence-corrected chi connectivity index (χ4v) is 4.59. The summed E-state index contributed by atoms with van der Waals surface area (Å²) in [5, 5.41) is 2.84. The molecule has 2 heterocycles. The molecule has 1 aliphatic rings. The van der Waals surface area contributed by atoms with E-state index in [9.17, 15) is 13.2 Å². The van der Waals surface area contributed by atoms with Crippen LogP contribution in [0.15, 0.2) is 41.4 Å². The van der Waals surface area contributed by atoms with Crippen LogP contribution < -0.4 is 10.1 Å². The van der Waals surface area contributed by atoms with Gasteiger partial charge < -0.3 is 15.0 Å². The smallest absolute Gasteiger partial charge is 0.317 e. The standard InChI is InChI=1S/C20H26N4O4S/c1-15-4-6-18(12-16(15)2)29(26,27)24-10-8-23(9-11-24)20(25)22-14-17-5-7-19(28-3)21-13-17/h4-7,12-13H,8-11,14H2,1-3H3,(H,22,25). The lowest BCUT2D eigenvalue weighted by Gasteiger charge is -2.34. The molecule has 1 saturated heterocycles. The van der Waals surface area contributed by atoms with Crippen LogP contribution in [0, 0.1) is 13.8 Å². The fraction of sp³-hybridized carbons (Fsp3) is 0.400. The van der Waals surface area contributed by atoms with E-state index in [2.05, 4.69) is 10.3 Å². The van der Waals surface area contributed by atoms with Crippen LogP contribution in [-0.4, -0.2) is 61.9 Å². The summed E-state index contributed by atoms with van der Waals surface area (Å²) in [6.07, 6.45) is 1.65. The summed E-state index contributed by atoms with van der Waals surface area (Å²) in [6.45, 7) is 5.42. The third-order valence-electron chi connectivity index (χ3n) is 5.09. The summed E-state index contributed by atoms with van der Waals surface area (Å²) in [6, 6.07) is 8.51. The van der Waals surface area contributed by atoms with E-state index in [0.717, 1.165) is 16.7 Å². The van der Waals surface area contributed by atoms with Gasteiger partial charge in [0.1, 0.15) is 0 Å². The van der Waals surface area contributed by atoms with E-state index in [0.29, 0.717) is 30.4 Å². The Labute approximate surface area is 171 Å². The summed E-state index contributed by atoms with van der Waals surface area (Å²) in [4.78, 5) is 18.4. The van der Waals surface area contributed by atoms with Gasteiger partial charge in [0.2, 0.25) is 15.9 Å². The van der Waals surface area contributed by atoms with Crippen molar-refractivity contribution in [1.82, 2.24) is 19.5 Å². The van der Waals surface area contributed by atoms with Crippen LogP contribution in [0.1, 0.15) is 16.7 Å². The van der Waals surface area contributed by atoms with Gasteiger partial charge in [-0.25, -0.2) is 18.2 Å². The molecule has 0 aliphatic carbocycles. The minimum Gasteiger partial charge on any atom is -0.481 e. The molecule has 8 nitrogen and oxygen atoms in total. The second-order valence-electron chi connectivity index (χ2n) is 7.00. The average molecular weight is 419 g/mol. The van der Waals surface area contributed by atoms with E-state index in [1.54, 1.807) is 36.4 Å². The largest absolute Gasteiger partial charge is 0.481 e. The number of carbonyl (C=O) groups is 1. The van der Waals surface area contributed by atoms with E-state index in [1.807, 2.05) is 26.0 Å². The van der Waals surface area contributed by atoms with E-state index in [1.165, 1.54) is 4.31 Å². The number of methoxy groups -OCH3 is 1. The molecular weight excluding hydrogens is 392 g/mol. The van der Waals surface area contributed by atoms with E-state index in [4.69, 9.17) is 4.74 Å². The molecule has 29 heavy (non-hydrogen) atoms. The van der Waals surface area contributed by atoms with E-state index in [-0.39, 0.29) is 19.1 Å². The molecule has 1 fully saturated rings. The van der Waals surface area contributed by atoms with Crippen LogP contribution in [0.25, 0.3) is 0 Å². The van der Waals surface area contributed by atoms with Crippen molar-refractivity contribution in [3.8, 4) is 5.88 Å². The van der Waals surface area contributed by atoms with Crippen molar-refractivity contribution < 1.29 is 17.9 Å². The topological polar surface area (TPSA) is 91.8 Å². The summed E-state index contributed by atoms with van der Waals surface area (Å²) >= 11 is 0. The number of benzene rings is 1. The van der Waals surface area contributed by atoms with E-state index < -0.39 is 10.0 Å². The number of piperazine rings is 1. The van der Waals surface area contributed by atoms with Crippen molar-refractivity contribution in [2.24, 2.45) is 0 Å². The van der Waals surface area contributed by atoms with Crippen molar-refractivity contribution >= 4 is 16.1 Å². The second kappa shape index (κ2) is 8.79. The highest BCUT2D eigenvalue weighted by molar-refractivity contribution is 7.89. The molecule has 0 saturated carbocycles. The molecule has 156 valence electrons. The third-order valence-corrected chi connectivity index (χ3v) is 6.99. The Morgan fingerprint density at radius 1 is 1.10 bits per heavy atom. The van der Waals surface area contributed by atoms with Crippen LogP contribution in [-0.2, 0) is 16.6 Å². The summed E-state index contributed by atoms with van der Waals surface area (Å²) in [5.74, 6) is 0.515. The zero-order valence-corrected chi connectivity index (χ0v) is 17.7. The Bertz CT molecular complexity index is 968. The number of hydrogen-bond donors (Lipinski definition) is 1. The highest BCUT2D eigenvalue weighted by Crippen LogP contribution is 2.20. The minimum atomic E-state index is -3.56. The van der Waals surface area contributed by atoms with Crippen molar-refractivity contribution in [3.63, 3.8) is 0 Å². The van der Waals surface area contributed by atoms with Crippen LogP contribution in [0.5, 0.6) is 5.88 Å². The molecule has 0 bridgehead atoms. The lowest BCUT2D eigenvalue weighted by Crippen LogP contribution is -2.52. The Kier molecular flexibility index (Phi) is 6.39. The van der Waals surface area contributed by atoms with Gasteiger partial charge in [-0.3, -0.25) is 0 Å². The average Bonchev–Trinajstić information content (AvgIpc) is 2.74. The molecule has 2 amide bonds. The van der Waals surface area contributed by atoms with Crippen LogP contribution in [0.2, 0.25) is 0 Å². The maximum atomic E-state index is 12.9. The summed E-state index contributed by atoms with van der Waals surface area (Å²) in [5.41, 5.74) is 2.85. The third kappa shape index (κ3) is 4.86. The first-order valence-corrected chi connectivity index (χ1v) is 10.8. The molecule has 2 aromatic rings. The fourth-order valence-electron chi connectivity index (χ4n) is 3.08. The molecule has 3 rings (SSSR count).